The summed E-state index contributed by atoms with van der Waals surface area (Å²) in [6.07, 6.45) is 1.18. The van der Waals surface area contributed by atoms with Crippen molar-refractivity contribution in [3.8, 4) is 0 Å². The molecule has 102 valence electrons. The van der Waals surface area contributed by atoms with Crippen molar-refractivity contribution >= 4 is 0 Å². The van der Waals surface area contributed by atoms with Crippen molar-refractivity contribution in [1.29, 1.82) is 0 Å². The van der Waals surface area contributed by atoms with Gasteiger partial charge in [0.25, 0.3) is 0 Å². The molecule has 1 atom stereocenters. The van der Waals surface area contributed by atoms with Crippen LogP contribution >= 0.6 is 0 Å². The summed E-state index contributed by atoms with van der Waals surface area (Å²) in [5, 5.41) is 0. The molecule has 0 radical (unpaired) electrons. The first kappa shape index (κ1) is 15.2. The maximum Gasteiger partial charge on any atom is 0.0470 e. The van der Waals surface area contributed by atoms with Crippen LogP contribution < -0.4 is 5.73 Å². The van der Waals surface area contributed by atoms with Crippen molar-refractivity contribution in [1.82, 2.24) is 4.90 Å². The Morgan fingerprint density at radius 1 is 1.06 bits per heavy atom. The molecular formula is C16H28N2. The number of likely N-dealkylation sites (N-methyl/N-ethyl adjacent to an activating group) is 1. The predicted octanol–water partition coefficient (Wildman–Crippen LogP) is 3.54. The van der Waals surface area contributed by atoms with Gasteiger partial charge in [0.2, 0.25) is 0 Å². The number of benzene rings is 1. The van der Waals surface area contributed by atoms with Gasteiger partial charge in [0.1, 0.15) is 0 Å². The molecule has 0 aliphatic carbocycles. The van der Waals surface area contributed by atoms with Crippen LogP contribution in [0, 0.1) is 0 Å². The third-order valence-corrected chi connectivity index (χ3v) is 3.57. The Morgan fingerprint density at radius 2 is 1.61 bits per heavy atom. The molecule has 0 heterocycles. The van der Waals surface area contributed by atoms with E-state index in [9.17, 15) is 0 Å². The van der Waals surface area contributed by atoms with Crippen molar-refractivity contribution in [2.24, 2.45) is 5.73 Å². The summed E-state index contributed by atoms with van der Waals surface area (Å²) in [5.74, 6) is 0.591. The van der Waals surface area contributed by atoms with E-state index in [4.69, 9.17) is 5.73 Å². The summed E-state index contributed by atoms with van der Waals surface area (Å²) in [6, 6.07) is 9.32. The number of nitrogens with two attached hydrogens (primary N) is 1. The maximum atomic E-state index is 5.97. The molecule has 0 saturated carbocycles. The van der Waals surface area contributed by atoms with E-state index in [0.29, 0.717) is 18.5 Å². The van der Waals surface area contributed by atoms with Gasteiger partial charge in [-0.05, 0) is 36.6 Å². The first-order chi connectivity index (χ1) is 8.63. The molecule has 2 nitrogen and oxygen atoms in total. The molecular weight excluding hydrogens is 220 g/mol. The number of nitrogens with zero attached hydrogens (tertiary/aromatic N) is 1. The van der Waals surface area contributed by atoms with E-state index in [0.717, 1.165) is 13.1 Å². The van der Waals surface area contributed by atoms with Gasteiger partial charge in [-0.25, -0.2) is 0 Å². The summed E-state index contributed by atoms with van der Waals surface area (Å²) in [6.45, 7) is 11.7. The van der Waals surface area contributed by atoms with Crippen molar-refractivity contribution in [3.63, 3.8) is 0 Å². The molecule has 0 bridgehead atoms. The van der Waals surface area contributed by atoms with Gasteiger partial charge >= 0.3 is 0 Å². The second-order valence-electron chi connectivity index (χ2n) is 5.20. The summed E-state index contributed by atoms with van der Waals surface area (Å²) in [7, 11) is 0. The Balaban J connectivity index is 2.87. The molecule has 0 aliphatic heterocycles. The molecule has 0 saturated heterocycles. The lowest BCUT2D eigenvalue weighted by Crippen LogP contribution is -2.34. The molecule has 0 aromatic heterocycles. The standard InChI is InChI=1S/C16H28N2/c1-5-11-18(6-2)16(12-17)15-9-7-14(8-10-15)13(3)4/h7-10,13,16H,5-6,11-12,17H2,1-4H3. The molecule has 0 aliphatic rings. The monoisotopic (exact) mass is 248 g/mol. The van der Waals surface area contributed by atoms with Gasteiger partial charge in [0, 0.05) is 12.6 Å². The maximum absolute atomic E-state index is 5.97. The molecule has 0 amide bonds. The fourth-order valence-electron chi connectivity index (χ4n) is 2.42. The highest BCUT2D eigenvalue weighted by molar-refractivity contribution is 5.27. The minimum atomic E-state index is 0.358. The van der Waals surface area contributed by atoms with Gasteiger partial charge in [0.05, 0.1) is 0 Å². The largest absolute Gasteiger partial charge is 0.329 e. The smallest absolute Gasteiger partial charge is 0.0470 e. The highest BCUT2D eigenvalue weighted by Gasteiger charge is 2.16. The van der Waals surface area contributed by atoms with Gasteiger partial charge in [-0.3, -0.25) is 4.90 Å². The van der Waals surface area contributed by atoms with Crippen LogP contribution in [-0.2, 0) is 0 Å². The van der Waals surface area contributed by atoms with Gasteiger partial charge in [-0.1, -0.05) is 52.0 Å². The van der Waals surface area contributed by atoms with Crippen molar-refractivity contribution in [2.45, 2.75) is 46.1 Å². The summed E-state index contributed by atoms with van der Waals surface area (Å²) < 4.78 is 0. The predicted molar refractivity (Wildman–Crippen MR) is 79.9 cm³/mol. The van der Waals surface area contributed by atoms with Crippen LogP contribution in [0.3, 0.4) is 0 Å². The fraction of sp³-hybridized carbons (Fsp3) is 0.625. The summed E-state index contributed by atoms with van der Waals surface area (Å²) in [5.41, 5.74) is 8.71. The zero-order valence-corrected chi connectivity index (χ0v) is 12.3. The van der Waals surface area contributed by atoms with Crippen LogP contribution in [0.1, 0.15) is 57.2 Å². The van der Waals surface area contributed by atoms with E-state index in [1.807, 2.05) is 0 Å². The molecule has 0 fully saturated rings. The van der Waals surface area contributed by atoms with E-state index in [-0.39, 0.29) is 0 Å². The van der Waals surface area contributed by atoms with E-state index in [2.05, 4.69) is 56.9 Å². The highest BCUT2D eigenvalue weighted by Crippen LogP contribution is 2.22. The molecule has 1 aromatic rings. The second-order valence-corrected chi connectivity index (χ2v) is 5.20. The lowest BCUT2D eigenvalue weighted by molar-refractivity contribution is 0.213. The zero-order valence-electron chi connectivity index (χ0n) is 12.3. The average Bonchev–Trinajstić information content (AvgIpc) is 2.39. The van der Waals surface area contributed by atoms with Gasteiger partial charge in [0.15, 0.2) is 0 Å². The average molecular weight is 248 g/mol. The zero-order chi connectivity index (χ0) is 13.5. The Morgan fingerprint density at radius 3 is 2.00 bits per heavy atom. The third kappa shape index (κ3) is 3.82. The summed E-state index contributed by atoms with van der Waals surface area (Å²) >= 11 is 0. The Bertz CT molecular complexity index is 329. The minimum Gasteiger partial charge on any atom is -0.329 e. The third-order valence-electron chi connectivity index (χ3n) is 3.57. The Kier molecular flexibility index (Phi) is 6.37. The fourth-order valence-corrected chi connectivity index (χ4v) is 2.42. The molecule has 1 rings (SSSR count). The van der Waals surface area contributed by atoms with Crippen LogP contribution in [0.4, 0.5) is 0 Å². The van der Waals surface area contributed by atoms with E-state index in [1.54, 1.807) is 0 Å². The molecule has 0 spiro atoms. The van der Waals surface area contributed by atoms with Crippen LogP contribution in [0.5, 0.6) is 0 Å². The van der Waals surface area contributed by atoms with Crippen LogP contribution in [0.2, 0.25) is 0 Å². The van der Waals surface area contributed by atoms with E-state index in [1.165, 1.54) is 17.5 Å². The van der Waals surface area contributed by atoms with Crippen LogP contribution in [0.15, 0.2) is 24.3 Å². The number of rotatable bonds is 7. The Labute approximate surface area is 112 Å². The first-order valence-electron chi connectivity index (χ1n) is 7.17. The van der Waals surface area contributed by atoms with E-state index < -0.39 is 0 Å². The van der Waals surface area contributed by atoms with Crippen molar-refractivity contribution < 1.29 is 0 Å². The number of hydrogen-bond acceptors (Lipinski definition) is 2. The minimum absolute atomic E-state index is 0.358. The lowest BCUT2D eigenvalue weighted by atomic mass is 9.98. The lowest BCUT2D eigenvalue weighted by Gasteiger charge is -2.30. The van der Waals surface area contributed by atoms with E-state index >= 15 is 0 Å². The van der Waals surface area contributed by atoms with Crippen LogP contribution in [-0.4, -0.2) is 24.5 Å². The normalized spacial score (nSPS) is 13.3. The topological polar surface area (TPSA) is 29.3 Å². The SMILES string of the molecule is CCCN(CC)C(CN)c1ccc(C(C)C)cc1. The van der Waals surface area contributed by atoms with Crippen LogP contribution in [0.25, 0.3) is 0 Å². The molecule has 1 aromatic carbocycles. The second kappa shape index (κ2) is 7.55. The Hall–Kier alpha value is -0.860. The van der Waals surface area contributed by atoms with Crippen molar-refractivity contribution in [2.75, 3.05) is 19.6 Å². The first-order valence-corrected chi connectivity index (χ1v) is 7.17. The number of hydrogen-bond donors (Lipinski definition) is 1. The molecule has 18 heavy (non-hydrogen) atoms. The quantitative estimate of drug-likeness (QED) is 0.799. The molecule has 2 heteroatoms. The van der Waals surface area contributed by atoms with Crippen molar-refractivity contribution in [3.05, 3.63) is 35.4 Å². The summed E-state index contributed by atoms with van der Waals surface area (Å²) in [4.78, 5) is 2.46. The molecule has 2 N–H and O–H groups in total. The molecule has 1 unspecified atom stereocenters. The van der Waals surface area contributed by atoms with Gasteiger partial charge in [-0.15, -0.1) is 0 Å². The van der Waals surface area contributed by atoms with Gasteiger partial charge in [-0.2, -0.15) is 0 Å². The van der Waals surface area contributed by atoms with Gasteiger partial charge < -0.3 is 5.73 Å². The highest BCUT2D eigenvalue weighted by atomic mass is 15.2.